The van der Waals surface area contributed by atoms with Crippen molar-refractivity contribution < 1.29 is 5.11 Å². The number of aliphatic hydroxyl groups is 1. The minimum Gasteiger partial charge on any atom is -0.388 e. The Kier molecular flexibility index (Phi) is 3.75. The normalized spacial score (nSPS) is 13.2. The van der Waals surface area contributed by atoms with E-state index in [2.05, 4.69) is 18.8 Å². The van der Waals surface area contributed by atoms with Gasteiger partial charge in [0.05, 0.1) is 11.6 Å². The van der Waals surface area contributed by atoms with Gasteiger partial charge in [-0.05, 0) is 23.6 Å². The molecule has 0 radical (unpaired) electrons. The smallest absolute Gasteiger partial charge is 0.0818 e. The maximum Gasteiger partial charge on any atom is 0.0818 e. The van der Waals surface area contributed by atoms with Gasteiger partial charge < -0.3 is 5.11 Å². The van der Waals surface area contributed by atoms with E-state index < -0.39 is 0 Å². The molecule has 0 amide bonds. The lowest BCUT2D eigenvalue weighted by Gasteiger charge is -2.20. The third-order valence-corrected chi connectivity index (χ3v) is 3.47. The van der Waals surface area contributed by atoms with E-state index in [9.17, 15) is 5.11 Å². The maximum absolute atomic E-state index is 10.3. The molecule has 1 unspecified atom stereocenters. The lowest BCUT2D eigenvalue weighted by Crippen LogP contribution is -2.10. The molecule has 1 atom stereocenters. The van der Waals surface area contributed by atoms with Gasteiger partial charge in [0, 0.05) is 11.6 Å². The monoisotopic (exact) mass is 229 g/mol. The Morgan fingerprint density at radius 1 is 1.18 bits per heavy atom. The summed E-state index contributed by atoms with van der Waals surface area (Å²) in [5, 5.41) is 11.4. The molecule has 0 saturated carbocycles. The molecule has 1 heterocycles. The van der Waals surface area contributed by atoms with E-state index in [-0.39, 0.29) is 6.10 Å². The predicted octanol–water partition coefficient (Wildman–Crippen LogP) is 3.70. The molecule has 1 N–H and O–H groups in total. The first-order valence-electron chi connectivity index (χ1n) is 6.29. The lowest BCUT2D eigenvalue weighted by atomic mass is 9.91. The Labute approximate surface area is 102 Å². The summed E-state index contributed by atoms with van der Waals surface area (Å²) in [4.78, 5) is 4.32. The number of hydrogen-bond donors (Lipinski definition) is 1. The largest absolute Gasteiger partial charge is 0.388 e. The number of pyridine rings is 1. The number of aromatic nitrogens is 1. The zero-order chi connectivity index (χ0) is 12.3. The summed E-state index contributed by atoms with van der Waals surface area (Å²) in [5.41, 5.74) is 1.93. The van der Waals surface area contributed by atoms with E-state index in [1.54, 1.807) is 6.20 Å². The lowest BCUT2D eigenvalue weighted by molar-refractivity contribution is 0.103. The quantitative estimate of drug-likeness (QED) is 0.867. The Hall–Kier alpha value is -1.41. The van der Waals surface area contributed by atoms with Crippen LogP contribution < -0.4 is 0 Å². The van der Waals surface area contributed by atoms with Gasteiger partial charge in [-0.2, -0.15) is 0 Å². The Morgan fingerprint density at radius 3 is 2.65 bits per heavy atom. The number of aliphatic hydroxyl groups excluding tert-OH is 1. The summed E-state index contributed by atoms with van der Waals surface area (Å²) in [5.74, 6) is 0.330. The van der Waals surface area contributed by atoms with Gasteiger partial charge in [0.1, 0.15) is 0 Å². The summed E-state index contributed by atoms with van der Waals surface area (Å²) in [6, 6.07) is 10.0. The first-order valence-corrected chi connectivity index (χ1v) is 6.29. The van der Waals surface area contributed by atoms with E-state index in [4.69, 9.17) is 0 Å². The molecule has 2 heteroatoms. The highest BCUT2D eigenvalue weighted by atomic mass is 16.3. The number of fused-ring (bicyclic) bond motifs is 1. The predicted molar refractivity (Wildman–Crippen MR) is 70.8 cm³/mol. The number of rotatable bonds is 4. The van der Waals surface area contributed by atoms with Crippen molar-refractivity contribution in [3.63, 3.8) is 0 Å². The average molecular weight is 229 g/mol. The highest BCUT2D eigenvalue weighted by Crippen LogP contribution is 2.28. The van der Waals surface area contributed by atoms with Gasteiger partial charge in [0.15, 0.2) is 0 Å². The minimum atomic E-state index is -0.378. The van der Waals surface area contributed by atoms with E-state index in [0.29, 0.717) is 5.92 Å². The van der Waals surface area contributed by atoms with Crippen molar-refractivity contribution in [2.24, 2.45) is 5.92 Å². The van der Waals surface area contributed by atoms with Crippen molar-refractivity contribution >= 4 is 10.9 Å². The summed E-state index contributed by atoms with van der Waals surface area (Å²) in [7, 11) is 0. The van der Waals surface area contributed by atoms with Crippen molar-refractivity contribution in [3.8, 4) is 0 Å². The van der Waals surface area contributed by atoms with Crippen LogP contribution in [0.2, 0.25) is 0 Å². The van der Waals surface area contributed by atoms with Gasteiger partial charge in [-0.15, -0.1) is 0 Å². The molecule has 1 aromatic heterocycles. The van der Waals surface area contributed by atoms with Crippen LogP contribution in [0.4, 0.5) is 0 Å². The second kappa shape index (κ2) is 5.28. The summed E-state index contributed by atoms with van der Waals surface area (Å²) in [6.07, 6.45) is 3.40. The zero-order valence-electron chi connectivity index (χ0n) is 10.4. The van der Waals surface area contributed by atoms with Gasteiger partial charge in [-0.25, -0.2) is 0 Å². The zero-order valence-corrected chi connectivity index (χ0v) is 10.4. The molecule has 90 valence electrons. The molecule has 0 aliphatic carbocycles. The van der Waals surface area contributed by atoms with E-state index in [0.717, 1.165) is 29.3 Å². The van der Waals surface area contributed by atoms with Crippen LogP contribution in [-0.2, 0) is 0 Å². The molecule has 0 aliphatic heterocycles. The Morgan fingerprint density at radius 2 is 1.94 bits per heavy atom. The first-order chi connectivity index (χ1) is 8.26. The molecule has 0 saturated heterocycles. The molecule has 2 rings (SSSR count). The SMILES string of the molecule is CCC(CC)C(O)c1ccc2cccnc2c1. The van der Waals surface area contributed by atoms with E-state index >= 15 is 0 Å². The Bertz CT molecular complexity index is 491. The minimum absolute atomic E-state index is 0.330. The summed E-state index contributed by atoms with van der Waals surface area (Å²) >= 11 is 0. The highest BCUT2D eigenvalue weighted by Gasteiger charge is 2.17. The van der Waals surface area contributed by atoms with Crippen LogP contribution in [0.25, 0.3) is 10.9 Å². The fourth-order valence-corrected chi connectivity index (χ4v) is 2.27. The topological polar surface area (TPSA) is 33.1 Å². The van der Waals surface area contributed by atoms with Crippen molar-refractivity contribution in [1.29, 1.82) is 0 Å². The third-order valence-electron chi connectivity index (χ3n) is 3.47. The van der Waals surface area contributed by atoms with E-state index in [1.165, 1.54) is 0 Å². The van der Waals surface area contributed by atoms with Crippen LogP contribution in [0, 0.1) is 5.92 Å². The molecule has 0 aliphatic rings. The van der Waals surface area contributed by atoms with Crippen LogP contribution in [0.1, 0.15) is 38.4 Å². The Balaban J connectivity index is 2.35. The van der Waals surface area contributed by atoms with Crippen LogP contribution in [0.15, 0.2) is 36.5 Å². The van der Waals surface area contributed by atoms with Crippen molar-refractivity contribution in [2.75, 3.05) is 0 Å². The van der Waals surface area contributed by atoms with Crippen LogP contribution in [-0.4, -0.2) is 10.1 Å². The summed E-state index contributed by atoms with van der Waals surface area (Å²) < 4.78 is 0. The highest BCUT2D eigenvalue weighted by molar-refractivity contribution is 5.78. The van der Waals surface area contributed by atoms with Crippen LogP contribution in [0.3, 0.4) is 0 Å². The molecule has 0 fully saturated rings. The number of hydrogen-bond acceptors (Lipinski definition) is 2. The molecule has 2 nitrogen and oxygen atoms in total. The van der Waals surface area contributed by atoms with Crippen molar-refractivity contribution in [1.82, 2.24) is 4.98 Å². The molecule has 17 heavy (non-hydrogen) atoms. The second-order valence-corrected chi connectivity index (χ2v) is 4.48. The fraction of sp³-hybridized carbons (Fsp3) is 0.400. The standard InChI is InChI=1S/C15H19NO/c1-3-11(4-2)15(17)13-8-7-12-6-5-9-16-14(12)10-13/h5-11,15,17H,3-4H2,1-2H3. The average Bonchev–Trinajstić information content (AvgIpc) is 2.39. The molecular weight excluding hydrogens is 210 g/mol. The van der Waals surface area contributed by atoms with Gasteiger partial charge in [-0.3, -0.25) is 4.98 Å². The van der Waals surface area contributed by atoms with E-state index in [1.807, 2.05) is 30.3 Å². The van der Waals surface area contributed by atoms with Crippen molar-refractivity contribution in [3.05, 3.63) is 42.1 Å². The fourth-order valence-electron chi connectivity index (χ4n) is 2.27. The third kappa shape index (κ3) is 2.47. The van der Waals surface area contributed by atoms with Crippen LogP contribution >= 0.6 is 0 Å². The van der Waals surface area contributed by atoms with Gasteiger partial charge >= 0.3 is 0 Å². The molecule has 2 aromatic rings. The van der Waals surface area contributed by atoms with Gasteiger partial charge in [0.25, 0.3) is 0 Å². The van der Waals surface area contributed by atoms with Gasteiger partial charge in [-0.1, -0.05) is 44.9 Å². The summed E-state index contributed by atoms with van der Waals surface area (Å²) in [6.45, 7) is 4.24. The second-order valence-electron chi connectivity index (χ2n) is 4.48. The maximum atomic E-state index is 10.3. The number of nitrogens with zero attached hydrogens (tertiary/aromatic N) is 1. The molecule has 0 bridgehead atoms. The van der Waals surface area contributed by atoms with Gasteiger partial charge in [0.2, 0.25) is 0 Å². The van der Waals surface area contributed by atoms with Crippen molar-refractivity contribution in [2.45, 2.75) is 32.8 Å². The number of benzene rings is 1. The molecule has 0 spiro atoms. The first kappa shape index (κ1) is 12.1. The van der Waals surface area contributed by atoms with Crippen LogP contribution in [0.5, 0.6) is 0 Å². The molecule has 1 aromatic carbocycles. The molecular formula is C15H19NO.